The molecule has 0 radical (unpaired) electrons. The Morgan fingerprint density at radius 2 is 1.84 bits per heavy atom. The summed E-state index contributed by atoms with van der Waals surface area (Å²) in [6.45, 7) is 5.03. The number of benzene rings is 3. The highest BCUT2D eigenvalue weighted by Crippen LogP contribution is 2.33. The summed E-state index contributed by atoms with van der Waals surface area (Å²) in [6.07, 6.45) is 1.19. The molecule has 0 aliphatic carbocycles. The molecule has 0 bridgehead atoms. The summed E-state index contributed by atoms with van der Waals surface area (Å²) in [5.41, 5.74) is 3.54. The van der Waals surface area contributed by atoms with Gasteiger partial charge in [0.05, 0.1) is 25.5 Å². The van der Waals surface area contributed by atoms with Crippen LogP contribution in [0.4, 0.5) is 5.69 Å². The van der Waals surface area contributed by atoms with Gasteiger partial charge in [0.25, 0.3) is 0 Å². The smallest absolute Gasteiger partial charge is 0.357 e. The van der Waals surface area contributed by atoms with Gasteiger partial charge in [-0.2, -0.15) is 9.98 Å². The molecular weight excluding hydrogens is 404 g/mol. The SMILES string of the molecule is CCOC(=O)/C(=C/c1c(C2OCCO2)ccc2ccccc12)N=C=Nc1ccc(C)cc1. The Balaban J connectivity index is 1.81. The molecule has 0 spiro atoms. The minimum Gasteiger partial charge on any atom is -0.461 e. The number of rotatable bonds is 6. The van der Waals surface area contributed by atoms with Gasteiger partial charge in [0, 0.05) is 5.56 Å². The number of esters is 1. The van der Waals surface area contributed by atoms with Crippen molar-refractivity contribution in [1.82, 2.24) is 0 Å². The topological polar surface area (TPSA) is 69.5 Å². The number of aliphatic imine (C=N–C) groups is 2. The lowest BCUT2D eigenvalue weighted by molar-refractivity contribution is -0.138. The molecule has 6 nitrogen and oxygen atoms in total. The molecule has 32 heavy (non-hydrogen) atoms. The highest BCUT2D eigenvalue weighted by Gasteiger charge is 2.23. The largest absolute Gasteiger partial charge is 0.461 e. The molecule has 1 heterocycles. The Hall–Kier alpha value is -3.57. The average molecular weight is 428 g/mol. The van der Waals surface area contributed by atoms with Crippen LogP contribution >= 0.6 is 0 Å². The van der Waals surface area contributed by atoms with E-state index < -0.39 is 12.3 Å². The Morgan fingerprint density at radius 3 is 2.59 bits per heavy atom. The molecule has 0 N–H and O–H groups in total. The number of carbonyl (C=O) groups excluding carboxylic acids is 1. The molecule has 0 unspecified atom stereocenters. The zero-order chi connectivity index (χ0) is 22.3. The number of hydrogen-bond acceptors (Lipinski definition) is 6. The van der Waals surface area contributed by atoms with Gasteiger partial charge in [-0.1, -0.05) is 54.1 Å². The maximum atomic E-state index is 12.7. The lowest BCUT2D eigenvalue weighted by Gasteiger charge is -2.15. The van der Waals surface area contributed by atoms with Gasteiger partial charge < -0.3 is 14.2 Å². The van der Waals surface area contributed by atoms with Crippen molar-refractivity contribution in [2.45, 2.75) is 20.1 Å². The molecule has 1 fully saturated rings. The third kappa shape index (κ3) is 5.01. The van der Waals surface area contributed by atoms with Crippen molar-refractivity contribution in [3.63, 3.8) is 0 Å². The van der Waals surface area contributed by atoms with Crippen molar-refractivity contribution < 1.29 is 19.0 Å². The van der Waals surface area contributed by atoms with Crippen LogP contribution in [0.15, 0.2) is 76.3 Å². The molecular formula is C26H24N2O4. The molecule has 162 valence electrons. The number of aryl methyl sites for hydroxylation is 1. The van der Waals surface area contributed by atoms with Crippen molar-refractivity contribution in [3.8, 4) is 0 Å². The van der Waals surface area contributed by atoms with E-state index in [4.69, 9.17) is 14.2 Å². The van der Waals surface area contributed by atoms with Crippen LogP contribution in [0.2, 0.25) is 0 Å². The van der Waals surface area contributed by atoms with Crippen molar-refractivity contribution in [1.29, 1.82) is 0 Å². The van der Waals surface area contributed by atoms with E-state index in [0.717, 1.165) is 27.5 Å². The van der Waals surface area contributed by atoms with E-state index in [2.05, 4.69) is 16.0 Å². The molecule has 3 aromatic carbocycles. The number of ether oxygens (including phenoxy) is 3. The first-order chi connectivity index (χ1) is 15.7. The van der Waals surface area contributed by atoms with Crippen LogP contribution in [0.1, 0.15) is 29.9 Å². The van der Waals surface area contributed by atoms with Crippen LogP contribution < -0.4 is 0 Å². The summed E-state index contributed by atoms with van der Waals surface area (Å²) in [7, 11) is 0. The summed E-state index contributed by atoms with van der Waals surface area (Å²) in [5, 5.41) is 1.98. The second-order valence-corrected chi connectivity index (χ2v) is 7.27. The fourth-order valence-corrected chi connectivity index (χ4v) is 3.45. The fourth-order valence-electron chi connectivity index (χ4n) is 3.45. The van der Waals surface area contributed by atoms with E-state index in [1.165, 1.54) is 0 Å². The van der Waals surface area contributed by atoms with E-state index in [1.54, 1.807) is 13.0 Å². The quantitative estimate of drug-likeness (QED) is 0.291. The summed E-state index contributed by atoms with van der Waals surface area (Å²) >= 11 is 0. The van der Waals surface area contributed by atoms with Gasteiger partial charge in [-0.05, 0) is 48.4 Å². The lowest BCUT2D eigenvalue weighted by Crippen LogP contribution is -2.07. The highest BCUT2D eigenvalue weighted by atomic mass is 16.7. The molecule has 1 saturated heterocycles. The third-order valence-electron chi connectivity index (χ3n) is 5.03. The number of nitrogens with zero attached hydrogens (tertiary/aromatic N) is 2. The average Bonchev–Trinajstić information content (AvgIpc) is 3.34. The van der Waals surface area contributed by atoms with E-state index >= 15 is 0 Å². The van der Waals surface area contributed by atoms with Crippen LogP contribution in [-0.2, 0) is 19.0 Å². The normalized spacial score (nSPS) is 14.2. The third-order valence-corrected chi connectivity index (χ3v) is 5.03. The van der Waals surface area contributed by atoms with Gasteiger partial charge in [-0.25, -0.2) is 4.79 Å². The van der Waals surface area contributed by atoms with Crippen molar-refractivity contribution >= 4 is 34.5 Å². The summed E-state index contributed by atoms with van der Waals surface area (Å²) in [5.74, 6) is -0.550. The van der Waals surface area contributed by atoms with Crippen molar-refractivity contribution in [3.05, 3.63) is 83.1 Å². The van der Waals surface area contributed by atoms with Crippen LogP contribution in [0.5, 0.6) is 0 Å². The van der Waals surface area contributed by atoms with Crippen molar-refractivity contribution in [2.24, 2.45) is 9.98 Å². The van der Waals surface area contributed by atoms with Gasteiger partial charge in [0.15, 0.2) is 12.0 Å². The van der Waals surface area contributed by atoms with Crippen LogP contribution in [0.3, 0.4) is 0 Å². The van der Waals surface area contributed by atoms with Crippen LogP contribution in [-0.4, -0.2) is 31.8 Å². The van der Waals surface area contributed by atoms with Crippen molar-refractivity contribution in [2.75, 3.05) is 19.8 Å². The highest BCUT2D eigenvalue weighted by molar-refractivity contribution is 5.99. The van der Waals surface area contributed by atoms with E-state index in [1.807, 2.05) is 67.6 Å². The van der Waals surface area contributed by atoms with Gasteiger partial charge in [0.2, 0.25) is 0 Å². The zero-order valence-electron chi connectivity index (χ0n) is 18.1. The molecule has 0 aromatic heterocycles. The first-order valence-corrected chi connectivity index (χ1v) is 10.5. The predicted octanol–water partition coefficient (Wildman–Crippen LogP) is 5.60. The Morgan fingerprint density at radius 1 is 1.09 bits per heavy atom. The molecule has 1 aliphatic rings. The number of hydrogen-bond donors (Lipinski definition) is 0. The van der Waals surface area contributed by atoms with Crippen LogP contribution in [0, 0.1) is 6.92 Å². The summed E-state index contributed by atoms with van der Waals surface area (Å²) < 4.78 is 16.7. The van der Waals surface area contributed by atoms with Gasteiger partial charge in [0.1, 0.15) is 6.01 Å². The van der Waals surface area contributed by atoms with Crippen LogP contribution in [0.25, 0.3) is 16.8 Å². The molecule has 0 atom stereocenters. The minimum atomic E-state index is -0.550. The summed E-state index contributed by atoms with van der Waals surface area (Å²) in [4.78, 5) is 21.1. The Labute approximate surface area is 186 Å². The molecule has 4 rings (SSSR count). The molecule has 3 aromatic rings. The Kier molecular flexibility index (Phi) is 6.87. The standard InChI is InChI=1S/C26H24N2O4/c1-3-30-25(29)24(28-17-27-20-11-8-18(2)9-12-20)16-23-21-7-5-4-6-19(21)10-13-22(23)26-31-14-15-32-26/h4-13,16,26H,3,14-15H2,1-2H3/b24-16-. The predicted molar refractivity (Wildman–Crippen MR) is 124 cm³/mol. The van der Waals surface area contributed by atoms with E-state index in [-0.39, 0.29) is 12.3 Å². The summed E-state index contributed by atoms with van der Waals surface area (Å²) in [6, 6.07) is 22.2. The lowest BCUT2D eigenvalue weighted by atomic mass is 9.97. The second kappa shape index (κ2) is 10.2. The maximum absolute atomic E-state index is 12.7. The van der Waals surface area contributed by atoms with E-state index in [9.17, 15) is 4.79 Å². The first kappa shape index (κ1) is 21.7. The maximum Gasteiger partial charge on any atom is 0.357 e. The molecule has 0 amide bonds. The number of carbonyl (C=O) groups is 1. The van der Waals surface area contributed by atoms with E-state index in [0.29, 0.717) is 18.9 Å². The fraction of sp³-hybridized carbons (Fsp3) is 0.231. The molecule has 1 aliphatic heterocycles. The molecule has 0 saturated carbocycles. The van der Waals surface area contributed by atoms with Gasteiger partial charge in [-0.3, -0.25) is 0 Å². The minimum absolute atomic E-state index is 0.0957. The number of fused-ring (bicyclic) bond motifs is 1. The Bertz CT molecular complexity index is 1200. The van der Waals surface area contributed by atoms with Gasteiger partial charge >= 0.3 is 5.97 Å². The first-order valence-electron chi connectivity index (χ1n) is 10.5. The second-order valence-electron chi connectivity index (χ2n) is 7.27. The molecule has 6 heteroatoms. The van der Waals surface area contributed by atoms with Gasteiger partial charge in [-0.15, -0.1) is 0 Å². The monoisotopic (exact) mass is 428 g/mol. The zero-order valence-corrected chi connectivity index (χ0v) is 18.1.